The van der Waals surface area contributed by atoms with Crippen LogP contribution in [-0.2, 0) is 14.3 Å². The van der Waals surface area contributed by atoms with Crippen molar-refractivity contribution >= 4 is 23.9 Å². The van der Waals surface area contributed by atoms with Crippen LogP contribution in [-0.4, -0.2) is 37.9 Å². The molecular weight excluding hydrogens is 322 g/mol. The Morgan fingerprint density at radius 3 is 2.40 bits per heavy atom. The zero-order chi connectivity index (χ0) is 18.2. The Kier molecular flexibility index (Phi) is 6.28. The molecule has 0 spiro atoms. The number of rotatable bonds is 7. The van der Waals surface area contributed by atoms with Gasteiger partial charge in [0.1, 0.15) is 5.75 Å². The molecule has 0 aliphatic heterocycles. The Labute approximate surface area is 146 Å². The number of carbonyl (C=O) groups excluding carboxylic acids is 3. The standard InChI is InChI=1S/C19H19NO5/c1-14(19(23)20(2)16-9-4-3-5-10-16)25-18(22)13-24-17-11-7-6-8-15(17)12-21/h3-12,14H,13H2,1-2H3/t14-/m0/s1. The lowest BCUT2D eigenvalue weighted by atomic mass is 10.2. The minimum absolute atomic E-state index is 0.287. The molecule has 0 N–H and O–H groups in total. The first kappa shape index (κ1) is 18.2. The molecule has 0 saturated carbocycles. The highest BCUT2D eigenvalue weighted by Crippen LogP contribution is 2.16. The molecule has 1 amide bonds. The molecule has 2 aromatic rings. The molecule has 6 nitrogen and oxygen atoms in total. The molecule has 25 heavy (non-hydrogen) atoms. The van der Waals surface area contributed by atoms with E-state index in [-0.39, 0.29) is 11.7 Å². The van der Waals surface area contributed by atoms with Crippen LogP contribution in [0.3, 0.4) is 0 Å². The summed E-state index contributed by atoms with van der Waals surface area (Å²) < 4.78 is 10.4. The number of amides is 1. The third-order valence-corrected chi connectivity index (χ3v) is 3.52. The van der Waals surface area contributed by atoms with Crippen molar-refractivity contribution in [3.05, 3.63) is 60.2 Å². The topological polar surface area (TPSA) is 72.9 Å². The Morgan fingerprint density at radius 1 is 1.08 bits per heavy atom. The first-order valence-electron chi connectivity index (χ1n) is 7.72. The van der Waals surface area contributed by atoms with Crippen molar-refractivity contribution in [1.29, 1.82) is 0 Å². The zero-order valence-corrected chi connectivity index (χ0v) is 14.0. The first-order chi connectivity index (χ1) is 12.0. The van der Waals surface area contributed by atoms with E-state index in [1.807, 2.05) is 18.2 Å². The smallest absolute Gasteiger partial charge is 0.344 e. The maximum Gasteiger partial charge on any atom is 0.344 e. The fourth-order valence-electron chi connectivity index (χ4n) is 2.18. The van der Waals surface area contributed by atoms with Crippen LogP contribution >= 0.6 is 0 Å². The quantitative estimate of drug-likeness (QED) is 0.571. The van der Waals surface area contributed by atoms with E-state index in [2.05, 4.69) is 0 Å². The van der Waals surface area contributed by atoms with E-state index in [4.69, 9.17) is 9.47 Å². The van der Waals surface area contributed by atoms with Gasteiger partial charge in [0.05, 0.1) is 5.56 Å². The number of anilines is 1. The lowest BCUT2D eigenvalue weighted by Crippen LogP contribution is -2.38. The number of carbonyl (C=O) groups is 3. The molecule has 0 bridgehead atoms. The average Bonchev–Trinajstić information content (AvgIpc) is 2.66. The predicted octanol–water partition coefficient (Wildman–Crippen LogP) is 2.47. The average molecular weight is 341 g/mol. The summed E-state index contributed by atoms with van der Waals surface area (Å²) in [7, 11) is 1.61. The summed E-state index contributed by atoms with van der Waals surface area (Å²) in [6, 6.07) is 15.6. The largest absolute Gasteiger partial charge is 0.481 e. The molecule has 0 unspecified atom stereocenters. The van der Waals surface area contributed by atoms with Crippen molar-refractivity contribution in [3.63, 3.8) is 0 Å². The van der Waals surface area contributed by atoms with Crippen molar-refractivity contribution < 1.29 is 23.9 Å². The van der Waals surface area contributed by atoms with E-state index >= 15 is 0 Å². The van der Waals surface area contributed by atoms with Gasteiger partial charge in [0.15, 0.2) is 19.0 Å². The maximum absolute atomic E-state index is 12.3. The van der Waals surface area contributed by atoms with E-state index in [9.17, 15) is 14.4 Å². The normalized spacial score (nSPS) is 11.3. The zero-order valence-electron chi connectivity index (χ0n) is 14.0. The van der Waals surface area contributed by atoms with Gasteiger partial charge in [-0.2, -0.15) is 0 Å². The number of esters is 1. The molecule has 0 saturated heterocycles. The van der Waals surface area contributed by atoms with Crippen molar-refractivity contribution in [2.45, 2.75) is 13.0 Å². The molecule has 0 aliphatic carbocycles. The van der Waals surface area contributed by atoms with Gasteiger partial charge in [0, 0.05) is 12.7 Å². The second kappa shape index (κ2) is 8.63. The first-order valence-corrected chi connectivity index (χ1v) is 7.72. The second-order valence-corrected chi connectivity index (χ2v) is 5.31. The summed E-state index contributed by atoms with van der Waals surface area (Å²) in [6.07, 6.45) is -0.315. The Bertz CT molecular complexity index is 744. The minimum atomic E-state index is -0.956. The van der Waals surface area contributed by atoms with E-state index in [0.717, 1.165) is 0 Å². The molecule has 0 aliphatic rings. The monoisotopic (exact) mass is 341 g/mol. The van der Waals surface area contributed by atoms with Crippen LogP contribution in [0.15, 0.2) is 54.6 Å². The van der Waals surface area contributed by atoms with Gasteiger partial charge >= 0.3 is 5.97 Å². The van der Waals surface area contributed by atoms with Crippen LogP contribution in [0.25, 0.3) is 0 Å². The van der Waals surface area contributed by atoms with Crippen LogP contribution in [0.1, 0.15) is 17.3 Å². The number of aldehydes is 1. The van der Waals surface area contributed by atoms with E-state index < -0.39 is 18.7 Å². The fraction of sp³-hybridized carbons (Fsp3) is 0.211. The van der Waals surface area contributed by atoms with E-state index in [1.165, 1.54) is 11.8 Å². The highest BCUT2D eigenvalue weighted by molar-refractivity contribution is 5.96. The molecule has 6 heteroatoms. The third kappa shape index (κ3) is 4.91. The second-order valence-electron chi connectivity index (χ2n) is 5.31. The molecule has 130 valence electrons. The molecule has 0 heterocycles. The molecule has 0 radical (unpaired) electrons. The van der Waals surface area contributed by atoms with Crippen molar-refractivity contribution in [3.8, 4) is 5.75 Å². The van der Waals surface area contributed by atoms with Crippen molar-refractivity contribution in [2.24, 2.45) is 0 Å². The number of ether oxygens (including phenoxy) is 2. The highest BCUT2D eigenvalue weighted by atomic mass is 16.6. The summed E-state index contributed by atoms with van der Waals surface area (Å²) >= 11 is 0. The van der Waals surface area contributed by atoms with Crippen LogP contribution in [0.2, 0.25) is 0 Å². The summed E-state index contributed by atoms with van der Waals surface area (Å²) in [6.45, 7) is 1.11. The molecule has 0 aromatic heterocycles. The lowest BCUT2D eigenvalue weighted by molar-refractivity contribution is -0.155. The fourth-order valence-corrected chi connectivity index (χ4v) is 2.18. The number of para-hydroxylation sites is 2. The highest BCUT2D eigenvalue weighted by Gasteiger charge is 2.22. The Balaban J connectivity index is 1.89. The number of hydrogen-bond acceptors (Lipinski definition) is 5. The van der Waals surface area contributed by atoms with Crippen LogP contribution in [0.5, 0.6) is 5.75 Å². The van der Waals surface area contributed by atoms with E-state index in [1.54, 1.807) is 43.4 Å². The minimum Gasteiger partial charge on any atom is -0.481 e. The lowest BCUT2D eigenvalue weighted by Gasteiger charge is -2.21. The Hall–Kier alpha value is -3.15. The maximum atomic E-state index is 12.3. The third-order valence-electron chi connectivity index (χ3n) is 3.52. The number of nitrogens with zero attached hydrogens (tertiary/aromatic N) is 1. The van der Waals surface area contributed by atoms with Crippen molar-refractivity contribution in [2.75, 3.05) is 18.6 Å². The van der Waals surface area contributed by atoms with Gasteiger partial charge in [-0.15, -0.1) is 0 Å². The van der Waals surface area contributed by atoms with Crippen LogP contribution in [0.4, 0.5) is 5.69 Å². The van der Waals surface area contributed by atoms with Gasteiger partial charge in [-0.05, 0) is 31.2 Å². The molecule has 2 rings (SSSR count). The number of benzene rings is 2. The van der Waals surface area contributed by atoms with Gasteiger partial charge in [0.2, 0.25) is 0 Å². The summed E-state index contributed by atoms with van der Waals surface area (Å²) in [5.41, 5.74) is 1.04. The number of hydrogen-bond donors (Lipinski definition) is 0. The van der Waals surface area contributed by atoms with Gasteiger partial charge in [0.25, 0.3) is 5.91 Å². The summed E-state index contributed by atoms with van der Waals surface area (Å²) in [4.78, 5) is 36.5. The van der Waals surface area contributed by atoms with Gasteiger partial charge in [-0.3, -0.25) is 9.59 Å². The van der Waals surface area contributed by atoms with Gasteiger partial charge < -0.3 is 14.4 Å². The summed E-state index contributed by atoms with van der Waals surface area (Å²) in [5, 5.41) is 0. The Morgan fingerprint density at radius 2 is 1.72 bits per heavy atom. The molecular formula is C19H19NO5. The molecule has 1 atom stereocenters. The van der Waals surface area contributed by atoms with Crippen LogP contribution in [0, 0.1) is 0 Å². The molecule has 2 aromatic carbocycles. The molecule has 0 fully saturated rings. The van der Waals surface area contributed by atoms with Crippen molar-refractivity contribution in [1.82, 2.24) is 0 Å². The SMILES string of the molecule is C[C@H](OC(=O)COc1ccccc1C=O)C(=O)N(C)c1ccccc1. The van der Waals surface area contributed by atoms with Crippen LogP contribution < -0.4 is 9.64 Å². The number of likely N-dealkylation sites (N-methyl/N-ethyl adjacent to an activating group) is 1. The summed E-state index contributed by atoms with van der Waals surface area (Å²) in [5.74, 6) is -0.759. The predicted molar refractivity (Wildman–Crippen MR) is 92.7 cm³/mol. The van der Waals surface area contributed by atoms with Gasteiger partial charge in [-0.25, -0.2) is 4.79 Å². The van der Waals surface area contributed by atoms with Gasteiger partial charge in [-0.1, -0.05) is 30.3 Å². The van der Waals surface area contributed by atoms with E-state index in [0.29, 0.717) is 17.5 Å².